The second-order valence-corrected chi connectivity index (χ2v) is 9.31. The number of hydrogen-bond acceptors (Lipinski definition) is 4. The molecule has 172 valence electrons. The molecule has 4 heterocycles. The molecule has 34 heavy (non-hydrogen) atoms. The van der Waals surface area contributed by atoms with Gasteiger partial charge >= 0.3 is 0 Å². The highest BCUT2D eigenvalue weighted by Crippen LogP contribution is 2.26. The lowest BCUT2D eigenvalue weighted by atomic mass is 10.0. The molecule has 0 radical (unpaired) electrons. The number of hydrogen-bond donors (Lipinski definition) is 0. The number of nitrogens with zero attached hydrogens (tertiary/aromatic N) is 5. The van der Waals surface area contributed by atoms with Crippen LogP contribution in [0.25, 0.3) is 21.8 Å². The largest absolute Gasteiger partial charge is 0.350 e. The molecule has 2 aliphatic rings. The minimum Gasteiger partial charge on any atom is -0.350 e. The van der Waals surface area contributed by atoms with Crippen molar-refractivity contribution in [2.75, 3.05) is 26.2 Å². The smallest absolute Gasteiger partial charge is 0.247 e. The van der Waals surface area contributed by atoms with E-state index in [4.69, 9.17) is 0 Å². The Morgan fingerprint density at radius 2 is 1.79 bits per heavy atom. The van der Waals surface area contributed by atoms with E-state index in [0.717, 1.165) is 39.5 Å². The van der Waals surface area contributed by atoms with Crippen molar-refractivity contribution in [3.8, 4) is 0 Å². The highest BCUT2D eigenvalue weighted by Gasteiger charge is 2.42. The summed E-state index contributed by atoms with van der Waals surface area (Å²) in [5.74, 6) is 0.0737. The molecule has 0 spiro atoms. The third-order valence-corrected chi connectivity index (χ3v) is 7.16. The number of amides is 2. The number of pyridine rings is 1. The van der Waals surface area contributed by atoms with Crippen LogP contribution in [0.2, 0.25) is 0 Å². The third-order valence-electron chi connectivity index (χ3n) is 7.16. The van der Waals surface area contributed by atoms with Crippen molar-refractivity contribution in [1.82, 2.24) is 24.3 Å². The lowest BCUT2D eigenvalue weighted by molar-refractivity contribution is -0.160. The van der Waals surface area contributed by atoms with Crippen LogP contribution in [0.1, 0.15) is 11.1 Å². The maximum Gasteiger partial charge on any atom is 0.247 e. The summed E-state index contributed by atoms with van der Waals surface area (Å²) in [5, 5.41) is 2.24. The van der Waals surface area contributed by atoms with Crippen LogP contribution in [0.5, 0.6) is 0 Å². The summed E-state index contributed by atoms with van der Waals surface area (Å²) in [6.07, 6.45) is 3.88. The molecule has 2 aromatic carbocycles. The zero-order valence-electron chi connectivity index (χ0n) is 19.2. The van der Waals surface area contributed by atoms with E-state index >= 15 is 0 Å². The van der Waals surface area contributed by atoms with Crippen LogP contribution in [0.4, 0.5) is 0 Å². The quantitative estimate of drug-likeness (QED) is 0.477. The fraction of sp³-hybridized carbons (Fsp3) is 0.296. The van der Waals surface area contributed by atoms with Crippen molar-refractivity contribution in [3.05, 3.63) is 78.1 Å². The third kappa shape index (κ3) is 3.53. The summed E-state index contributed by atoms with van der Waals surface area (Å²) in [5.41, 5.74) is 4.34. The van der Waals surface area contributed by atoms with E-state index in [0.29, 0.717) is 26.2 Å². The minimum atomic E-state index is -0.437. The van der Waals surface area contributed by atoms with E-state index in [1.807, 2.05) is 31.4 Å². The maximum absolute atomic E-state index is 13.5. The molecule has 2 saturated heterocycles. The Hall–Kier alpha value is -3.71. The summed E-state index contributed by atoms with van der Waals surface area (Å²) >= 11 is 0. The molecule has 6 rings (SSSR count). The molecular weight excluding hydrogens is 426 g/mol. The molecule has 1 unspecified atom stereocenters. The molecule has 0 saturated carbocycles. The molecule has 2 aliphatic heterocycles. The van der Waals surface area contributed by atoms with Gasteiger partial charge in [-0.2, -0.15) is 0 Å². The number of carbonyl (C=O) groups is 2. The lowest BCUT2D eigenvalue weighted by Crippen LogP contribution is -2.66. The van der Waals surface area contributed by atoms with Gasteiger partial charge in [0.1, 0.15) is 12.6 Å². The first-order chi connectivity index (χ1) is 16.6. The average Bonchev–Trinajstić information content (AvgIpc) is 3.18. The SMILES string of the molecule is Cn1cc(CN2CC(=O)N3CCN(Cc4cccc5cccnc45)CC3C2=O)c2ccccc21. The van der Waals surface area contributed by atoms with Gasteiger partial charge in [0, 0.05) is 68.5 Å². The lowest BCUT2D eigenvalue weighted by Gasteiger charge is -2.46. The van der Waals surface area contributed by atoms with Gasteiger partial charge in [-0.3, -0.25) is 19.5 Å². The first kappa shape index (κ1) is 20.9. The molecule has 7 nitrogen and oxygen atoms in total. The Balaban J connectivity index is 1.22. The average molecular weight is 454 g/mol. The Bertz CT molecular complexity index is 1410. The molecule has 0 aliphatic carbocycles. The molecule has 2 fully saturated rings. The minimum absolute atomic E-state index is 0.0354. The van der Waals surface area contributed by atoms with Crippen LogP contribution in [-0.4, -0.2) is 68.3 Å². The molecule has 0 bridgehead atoms. The van der Waals surface area contributed by atoms with Gasteiger partial charge in [-0.1, -0.05) is 42.5 Å². The molecule has 1 atom stereocenters. The van der Waals surface area contributed by atoms with E-state index in [-0.39, 0.29) is 18.4 Å². The molecule has 2 aromatic heterocycles. The molecule has 2 amide bonds. The van der Waals surface area contributed by atoms with Gasteiger partial charge in [0.2, 0.25) is 11.8 Å². The maximum atomic E-state index is 13.5. The Morgan fingerprint density at radius 1 is 0.941 bits per heavy atom. The van der Waals surface area contributed by atoms with Crippen LogP contribution in [0.3, 0.4) is 0 Å². The number of benzene rings is 2. The fourth-order valence-electron chi connectivity index (χ4n) is 5.46. The number of carbonyl (C=O) groups excluding carboxylic acids is 2. The van der Waals surface area contributed by atoms with Gasteiger partial charge in [-0.25, -0.2) is 0 Å². The number of para-hydroxylation sites is 2. The highest BCUT2D eigenvalue weighted by atomic mass is 16.2. The van der Waals surface area contributed by atoms with E-state index in [2.05, 4.69) is 57.0 Å². The van der Waals surface area contributed by atoms with E-state index in [1.165, 1.54) is 0 Å². The number of piperazine rings is 2. The first-order valence-corrected chi connectivity index (χ1v) is 11.7. The van der Waals surface area contributed by atoms with Gasteiger partial charge in [0.25, 0.3) is 0 Å². The van der Waals surface area contributed by atoms with Crippen molar-refractivity contribution >= 4 is 33.6 Å². The predicted octanol–water partition coefficient (Wildman–Crippen LogP) is 2.78. The Kier molecular flexibility index (Phi) is 5.07. The highest BCUT2D eigenvalue weighted by molar-refractivity contribution is 5.95. The normalized spacial score (nSPS) is 19.3. The van der Waals surface area contributed by atoms with E-state index in [9.17, 15) is 9.59 Å². The first-order valence-electron chi connectivity index (χ1n) is 11.7. The van der Waals surface area contributed by atoms with E-state index in [1.54, 1.807) is 9.80 Å². The van der Waals surface area contributed by atoms with Crippen molar-refractivity contribution in [2.24, 2.45) is 7.05 Å². The van der Waals surface area contributed by atoms with E-state index < -0.39 is 6.04 Å². The summed E-state index contributed by atoms with van der Waals surface area (Å²) in [7, 11) is 2.01. The van der Waals surface area contributed by atoms with Gasteiger partial charge in [-0.15, -0.1) is 0 Å². The summed E-state index contributed by atoms with van der Waals surface area (Å²) in [6, 6.07) is 18.0. The van der Waals surface area contributed by atoms with Crippen molar-refractivity contribution in [1.29, 1.82) is 0 Å². The number of rotatable bonds is 4. The molecular formula is C27H27N5O2. The van der Waals surface area contributed by atoms with Crippen LogP contribution in [0, 0.1) is 0 Å². The standard InChI is InChI=1S/C27H27N5O2/c1-29-14-21(22-9-2-3-10-23(22)29)16-31-18-25(33)32-13-12-30(17-24(32)27(31)34)15-20-7-4-6-19-8-5-11-28-26(19)20/h2-11,14,24H,12-13,15-18H2,1H3. The monoisotopic (exact) mass is 453 g/mol. The fourth-order valence-corrected chi connectivity index (χ4v) is 5.46. The predicted molar refractivity (Wildman–Crippen MR) is 131 cm³/mol. The number of aromatic nitrogens is 2. The van der Waals surface area contributed by atoms with Crippen LogP contribution < -0.4 is 0 Å². The molecule has 4 aromatic rings. The van der Waals surface area contributed by atoms with Gasteiger partial charge in [0.15, 0.2) is 0 Å². The second kappa shape index (κ2) is 8.25. The van der Waals surface area contributed by atoms with Crippen molar-refractivity contribution in [3.63, 3.8) is 0 Å². The van der Waals surface area contributed by atoms with Crippen molar-refractivity contribution in [2.45, 2.75) is 19.1 Å². The van der Waals surface area contributed by atoms with Crippen LogP contribution >= 0.6 is 0 Å². The Morgan fingerprint density at radius 3 is 2.71 bits per heavy atom. The molecule has 7 heteroatoms. The summed E-state index contributed by atoms with van der Waals surface area (Å²) in [6.45, 7) is 3.18. The number of aryl methyl sites for hydroxylation is 1. The zero-order valence-corrected chi connectivity index (χ0v) is 19.2. The zero-order chi connectivity index (χ0) is 23.2. The summed E-state index contributed by atoms with van der Waals surface area (Å²) in [4.78, 5) is 36.9. The van der Waals surface area contributed by atoms with Crippen LogP contribution in [0.15, 0.2) is 67.0 Å². The van der Waals surface area contributed by atoms with Gasteiger partial charge < -0.3 is 14.4 Å². The van der Waals surface area contributed by atoms with Crippen LogP contribution in [-0.2, 0) is 29.7 Å². The number of fused-ring (bicyclic) bond motifs is 3. The van der Waals surface area contributed by atoms with Gasteiger partial charge in [0.05, 0.1) is 5.52 Å². The summed E-state index contributed by atoms with van der Waals surface area (Å²) < 4.78 is 2.08. The second-order valence-electron chi connectivity index (χ2n) is 9.31. The molecule has 0 N–H and O–H groups in total. The topological polar surface area (TPSA) is 61.7 Å². The van der Waals surface area contributed by atoms with Crippen molar-refractivity contribution < 1.29 is 9.59 Å². The Labute approximate surface area is 198 Å². The van der Waals surface area contributed by atoms with Gasteiger partial charge in [-0.05, 0) is 23.3 Å².